The second-order valence-corrected chi connectivity index (χ2v) is 6.13. The molecule has 1 saturated heterocycles. The summed E-state index contributed by atoms with van der Waals surface area (Å²) in [5.41, 5.74) is 5.53. The topological polar surface area (TPSA) is 46.3 Å². The van der Waals surface area contributed by atoms with E-state index in [-0.39, 0.29) is 11.4 Å². The number of hydrogen-bond acceptors (Lipinski definition) is 2. The highest BCUT2D eigenvalue weighted by atomic mass is 16.2. The van der Waals surface area contributed by atoms with Crippen molar-refractivity contribution in [2.24, 2.45) is 11.7 Å². The Kier molecular flexibility index (Phi) is 5.44. The molecule has 1 aliphatic rings. The Morgan fingerprint density at radius 1 is 1.35 bits per heavy atom. The van der Waals surface area contributed by atoms with Crippen molar-refractivity contribution >= 4 is 5.91 Å². The summed E-state index contributed by atoms with van der Waals surface area (Å²) in [6.07, 6.45) is 6.64. The van der Waals surface area contributed by atoms with Gasteiger partial charge in [-0.25, -0.2) is 0 Å². The second kappa shape index (κ2) is 6.39. The summed E-state index contributed by atoms with van der Waals surface area (Å²) in [5.74, 6) is 1.05. The van der Waals surface area contributed by atoms with E-state index in [4.69, 9.17) is 5.73 Å². The summed E-state index contributed by atoms with van der Waals surface area (Å²) in [7, 11) is 0. The van der Waals surface area contributed by atoms with Gasteiger partial charge in [-0.05, 0) is 39.0 Å². The van der Waals surface area contributed by atoms with Crippen LogP contribution >= 0.6 is 0 Å². The van der Waals surface area contributed by atoms with Crippen molar-refractivity contribution in [3.05, 3.63) is 0 Å². The van der Waals surface area contributed by atoms with Crippen molar-refractivity contribution in [1.29, 1.82) is 0 Å². The van der Waals surface area contributed by atoms with E-state index < -0.39 is 0 Å². The molecule has 2 N–H and O–H groups in total. The van der Waals surface area contributed by atoms with Gasteiger partial charge in [-0.3, -0.25) is 4.79 Å². The number of rotatable bonds is 4. The summed E-state index contributed by atoms with van der Waals surface area (Å²) in [4.78, 5) is 14.1. The van der Waals surface area contributed by atoms with Gasteiger partial charge in [-0.1, -0.05) is 19.8 Å². The molecule has 0 aromatic carbocycles. The number of likely N-dealkylation sites (tertiary alicyclic amines) is 1. The molecule has 1 amide bonds. The van der Waals surface area contributed by atoms with Gasteiger partial charge in [0, 0.05) is 25.0 Å². The molecule has 0 saturated carbocycles. The Bertz CT molecular complexity index is 245. The summed E-state index contributed by atoms with van der Waals surface area (Å²) >= 11 is 0. The van der Waals surface area contributed by atoms with Crippen molar-refractivity contribution in [3.8, 4) is 0 Å². The van der Waals surface area contributed by atoms with E-state index in [0.29, 0.717) is 6.42 Å². The number of carbonyl (C=O) groups excluding carboxylic acids is 1. The quantitative estimate of drug-likeness (QED) is 0.821. The largest absolute Gasteiger partial charge is 0.343 e. The van der Waals surface area contributed by atoms with Crippen LogP contribution in [0.25, 0.3) is 0 Å². The number of carbonyl (C=O) groups is 1. The molecule has 3 nitrogen and oxygen atoms in total. The van der Waals surface area contributed by atoms with Gasteiger partial charge in [-0.2, -0.15) is 0 Å². The predicted octanol–water partition coefficient (Wildman–Crippen LogP) is 2.54. The highest BCUT2D eigenvalue weighted by Gasteiger charge is 2.24. The van der Waals surface area contributed by atoms with Crippen LogP contribution in [-0.2, 0) is 4.79 Å². The number of amides is 1. The molecule has 0 radical (unpaired) electrons. The van der Waals surface area contributed by atoms with Crippen LogP contribution in [-0.4, -0.2) is 29.4 Å². The summed E-state index contributed by atoms with van der Waals surface area (Å²) in [6.45, 7) is 7.94. The lowest BCUT2D eigenvalue weighted by molar-refractivity contribution is -0.132. The first-order chi connectivity index (χ1) is 7.92. The molecule has 1 unspecified atom stereocenters. The van der Waals surface area contributed by atoms with Crippen LogP contribution in [0.15, 0.2) is 0 Å². The van der Waals surface area contributed by atoms with Crippen molar-refractivity contribution in [2.75, 3.05) is 13.1 Å². The fourth-order valence-corrected chi connectivity index (χ4v) is 2.61. The first-order valence-corrected chi connectivity index (χ1v) is 6.99. The molecule has 0 aliphatic carbocycles. The van der Waals surface area contributed by atoms with Gasteiger partial charge in [-0.15, -0.1) is 0 Å². The van der Waals surface area contributed by atoms with Gasteiger partial charge < -0.3 is 10.6 Å². The maximum atomic E-state index is 12.1. The van der Waals surface area contributed by atoms with Crippen LogP contribution in [0.1, 0.15) is 59.3 Å². The Morgan fingerprint density at radius 2 is 2.06 bits per heavy atom. The van der Waals surface area contributed by atoms with Crippen LogP contribution in [0, 0.1) is 5.92 Å². The van der Waals surface area contributed by atoms with Gasteiger partial charge in [0.15, 0.2) is 0 Å². The van der Waals surface area contributed by atoms with Crippen LogP contribution < -0.4 is 5.73 Å². The summed E-state index contributed by atoms with van der Waals surface area (Å²) < 4.78 is 0. The van der Waals surface area contributed by atoms with E-state index in [2.05, 4.69) is 6.92 Å². The lowest BCUT2D eigenvalue weighted by Gasteiger charge is -2.25. The minimum Gasteiger partial charge on any atom is -0.343 e. The Labute approximate surface area is 106 Å². The third kappa shape index (κ3) is 5.53. The molecule has 1 rings (SSSR count). The molecule has 3 heteroatoms. The monoisotopic (exact) mass is 240 g/mol. The normalized spacial score (nSPS) is 22.4. The number of nitrogens with zero attached hydrogens (tertiary/aromatic N) is 1. The van der Waals surface area contributed by atoms with Crippen LogP contribution in [0.5, 0.6) is 0 Å². The van der Waals surface area contributed by atoms with Crippen molar-refractivity contribution in [2.45, 2.75) is 64.8 Å². The van der Waals surface area contributed by atoms with E-state index in [1.54, 1.807) is 0 Å². The molecule has 1 atom stereocenters. The van der Waals surface area contributed by atoms with Gasteiger partial charge in [0.1, 0.15) is 0 Å². The van der Waals surface area contributed by atoms with Crippen LogP contribution in [0.3, 0.4) is 0 Å². The second-order valence-electron chi connectivity index (χ2n) is 6.13. The van der Waals surface area contributed by atoms with Crippen molar-refractivity contribution in [3.63, 3.8) is 0 Å². The highest BCUT2D eigenvalue weighted by Crippen LogP contribution is 2.22. The minimum atomic E-state index is -0.383. The standard InChI is InChI=1S/C14H28N2O/c1-4-6-12-7-5-9-16(10-8-12)13(17)11-14(2,3)15/h12H,4-11,15H2,1-3H3. The Hall–Kier alpha value is -0.570. The van der Waals surface area contributed by atoms with Gasteiger partial charge in [0.05, 0.1) is 0 Å². The predicted molar refractivity (Wildman–Crippen MR) is 71.7 cm³/mol. The molecular formula is C14H28N2O. The molecular weight excluding hydrogens is 212 g/mol. The fraction of sp³-hybridized carbons (Fsp3) is 0.929. The highest BCUT2D eigenvalue weighted by molar-refractivity contribution is 5.77. The van der Waals surface area contributed by atoms with Crippen molar-refractivity contribution in [1.82, 2.24) is 4.90 Å². The molecule has 1 heterocycles. The number of hydrogen-bond donors (Lipinski definition) is 1. The maximum absolute atomic E-state index is 12.1. The van der Waals surface area contributed by atoms with E-state index in [0.717, 1.165) is 25.4 Å². The van der Waals surface area contributed by atoms with E-state index >= 15 is 0 Å². The van der Waals surface area contributed by atoms with E-state index in [1.165, 1.54) is 25.7 Å². The molecule has 0 aromatic rings. The fourth-order valence-electron chi connectivity index (χ4n) is 2.61. The molecule has 0 aromatic heterocycles. The summed E-state index contributed by atoms with van der Waals surface area (Å²) in [5, 5.41) is 0. The SMILES string of the molecule is CCCC1CCCN(C(=O)CC(C)(C)N)CC1. The van der Waals surface area contributed by atoms with Crippen molar-refractivity contribution < 1.29 is 4.79 Å². The summed E-state index contributed by atoms with van der Waals surface area (Å²) in [6, 6.07) is 0. The van der Waals surface area contributed by atoms with E-state index in [1.807, 2.05) is 18.7 Å². The lowest BCUT2D eigenvalue weighted by atomic mass is 9.96. The minimum absolute atomic E-state index is 0.231. The zero-order chi connectivity index (χ0) is 12.9. The first kappa shape index (κ1) is 14.5. The smallest absolute Gasteiger partial charge is 0.224 e. The first-order valence-electron chi connectivity index (χ1n) is 6.99. The van der Waals surface area contributed by atoms with Gasteiger partial charge in [0.25, 0.3) is 0 Å². The van der Waals surface area contributed by atoms with Gasteiger partial charge in [0.2, 0.25) is 5.91 Å². The Balaban J connectivity index is 2.43. The lowest BCUT2D eigenvalue weighted by Crippen LogP contribution is -2.41. The molecule has 0 spiro atoms. The third-order valence-corrected chi connectivity index (χ3v) is 3.50. The average Bonchev–Trinajstić information content (AvgIpc) is 2.41. The molecule has 100 valence electrons. The van der Waals surface area contributed by atoms with Crippen LogP contribution in [0.2, 0.25) is 0 Å². The zero-order valence-electron chi connectivity index (χ0n) is 11.7. The molecule has 1 fully saturated rings. The van der Waals surface area contributed by atoms with E-state index in [9.17, 15) is 4.79 Å². The molecule has 1 aliphatic heterocycles. The van der Waals surface area contributed by atoms with Gasteiger partial charge >= 0.3 is 0 Å². The maximum Gasteiger partial charge on any atom is 0.224 e. The van der Waals surface area contributed by atoms with Crippen LogP contribution in [0.4, 0.5) is 0 Å². The average molecular weight is 240 g/mol. The molecule has 0 bridgehead atoms. The zero-order valence-corrected chi connectivity index (χ0v) is 11.7. The molecule has 17 heavy (non-hydrogen) atoms. The Morgan fingerprint density at radius 3 is 2.65 bits per heavy atom. The third-order valence-electron chi connectivity index (χ3n) is 3.50. The number of nitrogens with two attached hydrogens (primary N) is 1.